The first-order valence-electron chi connectivity index (χ1n) is 6.41. The topological polar surface area (TPSA) is 20.3 Å². The summed E-state index contributed by atoms with van der Waals surface area (Å²) in [5.41, 5.74) is -0.397. The van der Waals surface area contributed by atoms with Crippen LogP contribution in [0.5, 0.6) is 0 Å². The van der Waals surface area contributed by atoms with E-state index in [0.29, 0.717) is 12.1 Å². The minimum absolute atomic E-state index is 0.168. The van der Waals surface area contributed by atoms with Gasteiger partial charge in [-0.15, -0.1) is 0 Å². The maximum Gasteiger partial charge on any atom is 0.416 e. The molecule has 5 heteroatoms. The summed E-state index contributed by atoms with van der Waals surface area (Å²) >= 11 is 0. The number of hydrogen-bond acceptors (Lipinski definition) is 1. The van der Waals surface area contributed by atoms with E-state index in [-0.39, 0.29) is 11.9 Å². The molecule has 0 aromatic heterocycles. The van der Waals surface area contributed by atoms with Crippen molar-refractivity contribution >= 4 is 5.91 Å². The lowest BCUT2D eigenvalue weighted by atomic mass is 10.1. The third kappa shape index (κ3) is 2.91. The number of nitrogens with zero attached hydrogens (tertiary/aromatic N) is 1. The smallest absolute Gasteiger partial charge is 0.336 e. The number of carbonyl (C=O) groups excluding carboxylic acids is 1. The lowest BCUT2D eigenvalue weighted by molar-refractivity contribution is -0.137. The number of benzene rings is 1. The molecule has 1 aliphatic rings. The quantitative estimate of drug-likeness (QED) is 0.802. The van der Waals surface area contributed by atoms with Crippen LogP contribution >= 0.6 is 0 Å². The molecule has 0 spiro atoms. The van der Waals surface area contributed by atoms with E-state index in [4.69, 9.17) is 0 Å². The maximum absolute atomic E-state index is 12.4. The highest BCUT2D eigenvalue weighted by molar-refractivity contribution is 5.94. The van der Waals surface area contributed by atoms with Crippen molar-refractivity contribution in [1.29, 1.82) is 0 Å². The number of halogens is 3. The van der Waals surface area contributed by atoms with Gasteiger partial charge in [-0.1, -0.05) is 6.92 Å². The van der Waals surface area contributed by atoms with Crippen molar-refractivity contribution in [2.45, 2.75) is 38.4 Å². The molecule has 0 radical (unpaired) electrons. The van der Waals surface area contributed by atoms with Crippen molar-refractivity contribution < 1.29 is 18.0 Å². The normalized spacial score (nSPS) is 19.8. The zero-order valence-electron chi connectivity index (χ0n) is 10.7. The fraction of sp³-hybridized carbons (Fsp3) is 0.500. The summed E-state index contributed by atoms with van der Waals surface area (Å²) in [6.07, 6.45) is -1.54. The minimum Gasteiger partial charge on any atom is -0.336 e. The average molecular weight is 271 g/mol. The van der Waals surface area contributed by atoms with Gasteiger partial charge in [0.05, 0.1) is 5.56 Å². The van der Waals surface area contributed by atoms with Gasteiger partial charge in [0.1, 0.15) is 0 Å². The van der Waals surface area contributed by atoms with Crippen molar-refractivity contribution in [1.82, 2.24) is 4.90 Å². The van der Waals surface area contributed by atoms with Crippen LogP contribution in [0, 0.1) is 0 Å². The maximum atomic E-state index is 12.4. The van der Waals surface area contributed by atoms with Gasteiger partial charge in [0.15, 0.2) is 0 Å². The summed E-state index contributed by atoms with van der Waals surface area (Å²) in [5, 5.41) is 0. The van der Waals surface area contributed by atoms with Gasteiger partial charge in [0.2, 0.25) is 0 Å². The molecule has 0 aliphatic carbocycles. The summed E-state index contributed by atoms with van der Waals surface area (Å²) < 4.78 is 37.3. The van der Waals surface area contributed by atoms with Gasteiger partial charge in [-0.3, -0.25) is 4.79 Å². The molecule has 1 aromatic rings. The van der Waals surface area contributed by atoms with E-state index in [1.807, 2.05) is 6.92 Å². The van der Waals surface area contributed by atoms with Gasteiger partial charge in [-0.05, 0) is 43.5 Å². The number of alkyl halides is 3. The van der Waals surface area contributed by atoms with E-state index in [1.54, 1.807) is 4.90 Å². The van der Waals surface area contributed by atoms with Crippen LogP contribution in [-0.2, 0) is 6.18 Å². The van der Waals surface area contributed by atoms with E-state index < -0.39 is 11.7 Å². The van der Waals surface area contributed by atoms with Gasteiger partial charge in [-0.25, -0.2) is 0 Å². The first-order chi connectivity index (χ1) is 8.93. The highest BCUT2D eigenvalue weighted by Gasteiger charge is 2.31. The van der Waals surface area contributed by atoms with Gasteiger partial charge < -0.3 is 4.90 Å². The molecule has 1 saturated heterocycles. The molecular weight excluding hydrogens is 255 g/mol. The predicted molar refractivity (Wildman–Crippen MR) is 65.8 cm³/mol. The average Bonchev–Trinajstić information content (AvgIpc) is 2.85. The highest BCUT2D eigenvalue weighted by atomic mass is 19.4. The van der Waals surface area contributed by atoms with Crippen molar-refractivity contribution in [3.8, 4) is 0 Å². The zero-order chi connectivity index (χ0) is 14.0. The standard InChI is InChI=1S/C14H16F3NO/c1-2-12-4-3-9-18(12)13(19)10-5-7-11(8-6-10)14(15,16)17/h5-8,12H,2-4,9H2,1H3. The van der Waals surface area contributed by atoms with Crippen LogP contribution in [0.25, 0.3) is 0 Å². The summed E-state index contributed by atoms with van der Waals surface area (Å²) in [5.74, 6) is -0.168. The Morgan fingerprint density at radius 2 is 1.95 bits per heavy atom. The van der Waals surface area contributed by atoms with Crippen LogP contribution in [-0.4, -0.2) is 23.4 Å². The zero-order valence-corrected chi connectivity index (χ0v) is 10.7. The van der Waals surface area contributed by atoms with Crippen LogP contribution in [0.15, 0.2) is 24.3 Å². The van der Waals surface area contributed by atoms with Crippen molar-refractivity contribution in [3.63, 3.8) is 0 Å². The summed E-state index contributed by atoms with van der Waals surface area (Å²) in [6, 6.07) is 4.66. The van der Waals surface area contributed by atoms with Crippen LogP contribution in [0.2, 0.25) is 0 Å². The number of rotatable bonds is 2. The number of hydrogen-bond donors (Lipinski definition) is 0. The molecule has 1 unspecified atom stereocenters. The Morgan fingerprint density at radius 1 is 1.32 bits per heavy atom. The van der Waals surface area contributed by atoms with Gasteiger partial charge in [0, 0.05) is 18.2 Å². The van der Waals surface area contributed by atoms with Crippen LogP contribution in [0.3, 0.4) is 0 Å². The monoisotopic (exact) mass is 271 g/mol. The van der Waals surface area contributed by atoms with Crippen molar-refractivity contribution in [3.05, 3.63) is 35.4 Å². The van der Waals surface area contributed by atoms with Crippen LogP contribution < -0.4 is 0 Å². The third-order valence-electron chi connectivity index (χ3n) is 3.57. The molecule has 0 bridgehead atoms. The van der Waals surface area contributed by atoms with Crippen molar-refractivity contribution in [2.75, 3.05) is 6.54 Å². The molecule has 1 aliphatic heterocycles. The van der Waals surface area contributed by atoms with E-state index in [9.17, 15) is 18.0 Å². The lowest BCUT2D eigenvalue weighted by Crippen LogP contribution is -2.35. The second-order valence-electron chi connectivity index (χ2n) is 4.78. The molecule has 0 saturated carbocycles. The van der Waals surface area contributed by atoms with Gasteiger partial charge in [-0.2, -0.15) is 13.2 Å². The second-order valence-corrected chi connectivity index (χ2v) is 4.78. The molecule has 1 fully saturated rings. The molecule has 1 atom stereocenters. The Labute approximate surface area is 110 Å². The van der Waals surface area contributed by atoms with Gasteiger partial charge in [0.25, 0.3) is 5.91 Å². The Hall–Kier alpha value is -1.52. The number of likely N-dealkylation sites (tertiary alicyclic amines) is 1. The molecule has 2 nitrogen and oxygen atoms in total. The molecule has 1 heterocycles. The minimum atomic E-state index is -4.36. The van der Waals surface area contributed by atoms with E-state index in [1.165, 1.54) is 12.1 Å². The fourth-order valence-electron chi connectivity index (χ4n) is 2.50. The summed E-state index contributed by atoms with van der Waals surface area (Å²) in [6.45, 7) is 2.71. The van der Waals surface area contributed by atoms with Crippen LogP contribution in [0.4, 0.5) is 13.2 Å². The number of carbonyl (C=O) groups is 1. The molecule has 1 amide bonds. The van der Waals surface area contributed by atoms with Crippen molar-refractivity contribution in [2.24, 2.45) is 0 Å². The van der Waals surface area contributed by atoms with Gasteiger partial charge >= 0.3 is 6.18 Å². The number of amides is 1. The summed E-state index contributed by atoms with van der Waals surface area (Å²) in [4.78, 5) is 14.0. The Bertz CT molecular complexity index is 453. The molecular formula is C14H16F3NO. The summed E-state index contributed by atoms with van der Waals surface area (Å²) in [7, 11) is 0. The molecule has 104 valence electrons. The Morgan fingerprint density at radius 3 is 2.47 bits per heavy atom. The first kappa shape index (κ1) is 13.9. The molecule has 0 N–H and O–H groups in total. The van der Waals surface area contributed by atoms with Crippen LogP contribution in [0.1, 0.15) is 42.1 Å². The molecule has 2 rings (SSSR count). The molecule has 1 aromatic carbocycles. The highest BCUT2D eigenvalue weighted by Crippen LogP contribution is 2.29. The lowest BCUT2D eigenvalue weighted by Gasteiger charge is -2.23. The second kappa shape index (κ2) is 5.23. The molecule has 19 heavy (non-hydrogen) atoms. The van der Waals surface area contributed by atoms with E-state index in [2.05, 4.69) is 0 Å². The first-order valence-corrected chi connectivity index (χ1v) is 6.41. The van der Waals surface area contributed by atoms with E-state index in [0.717, 1.165) is 31.4 Å². The Kier molecular flexibility index (Phi) is 3.83. The predicted octanol–water partition coefficient (Wildman–Crippen LogP) is 3.72. The third-order valence-corrected chi connectivity index (χ3v) is 3.57. The van der Waals surface area contributed by atoms with E-state index >= 15 is 0 Å². The Balaban J connectivity index is 2.16. The fourth-order valence-corrected chi connectivity index (χ4v) is 2.50. The SMILES string of the molecule is CCC1CCCN1C(=O)c1ccc(C(F)(F)F)cc1. The largest absolute Gasteiger partial charge is 0.416 e.